The minimum atomic E-state index is 0.497. The van der Waals surface area contributed by atoms with Gasteiger partial charge in [0, 0.05) is 43.9 Å². The largest absolute Gasteiger partial charge is 0.309 e. The molecule has 5 heteroatoms. The van der Waals surface area contributed by atoms with E-state index in [2.05, 4.69) is 143 Å². The molecule has 0 aliphatic heterocycles. The fourth-order valence-corrected chi connectivity index (χ4v) is 7.70. The molecule has 3 aromatic heterocycles. The summed E-state index contributed by atoms with van der Waals surface area (Å²) in [7, 11) is 0. The van der Waals surface area contributed by atoms with Gasteiger partial charge >= 0.3 is 0 Å². The number of para-hydroxylation sites is 2. The second-order valence-corrected chi connectivity index (χ2v) is 13.2. The Balaban J connectivity index is 1.17. The Morgan fingerprint density at radius 1 is 0.540 bits per heavy atom. The third kappa shape index (κ3) is 4.47. The first kappa shape index (κ1) is 28.5. The molecule has 5 nitrogen and oxygen atoms in total. The quantitative estimate of drug-likeness (QED) is 0.188. The fraction of sp³-hybridized carbons (Fsp3) is 0.0667. The molecule has 0 N–H and O–H groups in total. The maximum Gasteiger partial charge on any atom is 0.182 e. The Morgan fingerprint density at radius 2 is 1.18 bits per heavy atom. The first-order valence-electron chi connectivity index (χ1n) is 17.2. The van der Waals surface area contributed by atoms with Crippen LogP contribution in [0.1, 0.15) is 13.3 Å². The SMILES string of the molecule is CC1C=c2c(c3ccccc3n2-c2cccc(-n3c4ccccc4c4cc(-n5nc(-c6ccccc6)nc5-c5ccccc5)ccc43)c2)=CC1. The third-order valence-electron chi connectivity index (χ3n) is 10.0. The van der Waals surface area contributed by atoms with Crippen LogP contribution in [0.2, 0.25) is 0 Å². The predicted molar refractivity (Wildman–Crippen MR) is 205 cm³/mol. The minimum Gasteiger partial charge on any atom is -0.309 e. The van der Waals surface area contributed by atoms with Crippen LogP contribution in [-0.4, -0.2) is 23.9 Å². The van der Waals surface area contributed by atoms with Crippen LogP contribution in [-0.2, 0) is 0 Å². The fourth-order valence-electron chi connectivity index (χ4n) is 7.70. The molecule has 6 aromatic carbocycles. The molecule has 238 valence electrons. The first-order chi connectivity index (χ1) is 24.7. The van der Waals surface area contributed by atoms with Gasteiger partial charge in [-0.3, -0.25) is 0 Å². The smallest absolute Gasteiger partial charge is 0.182 e. The lowest BCUT2D eigenvalue weighted by atomic mass is 10.0. The molecule has 1 aliphatic carbocycles. The zero-order chi connectivity index (χ0) is 33.2. The summed E-state index contributed by atoms with van der Waals surface area (Å²) in [5, 5.41) is 11.4. The second-order valence-electron chi connectivity index (χ2n) is 13.2. The van der Waals surface area contributed by atoms with Gasteiger partial charge in [-0.1, -0.05) is 122 Å². The molecule has 0 fully saturated rings. The minimum absolute atomic E-state index is 0.497. The van der Waals surface area contributed by atoms with Crippen molar-refractivity contribution in [3.05, 3.63) is 162 Å². The monoisotopic (exact) mass is 643 g/mol. The van der Waals surface area contributed by atoms with Gasteiger partial charge in [0.1, 0.15) is 0 Å². The summed E-state index contributed by atoms with van der Waals surface area (Å²) in [4.78, 5) is 5.05. The van der Waals surface area contributed by atoms with E-state index >= 15 is 0 Å². The lowest BCUT2D eigenvalue weighted by Crippen LogP contribution is -2.31. The number of aromatic nitrogens is 5. The lowest BCUT2D eigenvalue weighted by Gasteiger charge is -2.13. The number of benzene rings is 6. The molecule has 50 heavy (non-hydrogen) atoms. The van der Waals surface area contributed by atoms with Crippen molar-refractivity contribution in [3.63, 3.8) is 0 Å². The second kappa shape index (κ2) is 11.3. The molecule has 3 heterocycles. The standard InChI is InChI=1S/C45H33N5/c1-30-23-25-38-36-19-8-10-21-40(36)49(43(38)27-30)34-18-12-17-33(28-34)48-41-22-11-9-20-37(41)39-29-35(24-26-42(39)48)50-45(32-15-6-3-7-16-32)46-44(47-50)31-13-4-2-5-14-31/h2-22,24-30H,23H2,1H3. The molecule has 0 spiro atoms. The highest BCUT2D eigenvalue weighted by Gasteiger charge is 2.19. The number of fused-ring (bicyclic) bond motifs is 6. The molecule has 0 saturated carbocycles. The maximum atomic E-state index is 5.07. The summed E-state index contributed by atoms with van der Waals surface area (Å²) < 4.78 is 6.81. The molecular formula is C45H33N5. The van der Waals surface area contributed by atoms with Crippen LogP contribution >= 0.6 is 0 Å². The van der Waals surface area contributed by atoms with Crippen LogP contribution in [0.3, 0.4) is 0 Å². The molecule has 1 atom stereocenters. The van der Waals surface area contributed by atoms with E-state index in [1.807, 2.05) is 41.1 Å². The van der Waals surface area contributed by atoms with Crippen LogP contribution in [0.15, 0.2) is 152 Å². The summed E-state index contributed by atoms with van der Waals surface area (Å²) >= 11 is 0. The summed E-state index contributed by atoms with van der Waals surface area (Å²) in [6.07, 6.45) is 5.91. The summed E-state index contributed by atoms with van der Waals surface area (Å²) in [6.45, 7) is 2.30. The van der Waals surface area contributed by atoms with Gasteiger partial charge < -0.3 is 9.13 Å². The molecule has 10 rings (SSSR count). The highest BCUT2D eigenvalue weighted by molar-refractivity contribution is 6.10. The van der Waals surface area contributed by atoms with E-state index in [1.165, 1.54) is 32.2 Å². The average Bonchev–Trinajstić information content (AvgIpc) is 3.86. The van der Waals surface area contributed by atoms with Crippen LogP contribution in [0.5, 0.6) is 0 Å². The van der Waals surface area contributed by atoms with E-state index in [1.54, 1.807) is 0 Å². The summed E-state index contributed by atoms with van der Waals surface area (Å²) in [5.41, 5.74) is 8.80. The van der Waals surface area contributed by atoms with Gasteiger partial charge in [-0.15, -0.1) is 5.10 Å². The highest BCUT2D eigenvalue weighted by atomic mass is 15.4. The summed E-state index contributed by atoms with van der Waals surface area (Å²) in [5.74, 6) is 2.01. The van der Waals surface area contributed by atoms with Gasteiger partial charge in [0.25, 0.3) is 0 Å². The Hall–Kier alpha value is -6.46. The molecule has 0 bridgehead atoms. The normalized spacial score (nSPS) is 14.1. The van der Waals surface area contributed by atoms with Crippen molar-refractivity contribution in [3.8, 4) is 39.8 Å². The van der Waals surface area contributed by atoms with Crippen LogP contribution < -0.4 is 10.6 Å². The first-order valence-corrected chi connectivity index (χ1v) is 17.2. The van der Waals surface area contributed by atoms with Gasteiger partial charge in [0.15, 0.2) is 11.6 Å². The molecule has 9 aromatic rings. The third-order valence-corrected chi connectivity index (χ3v) is 10.0. The highest BCUT2D eigenvalue weighted by Crippen LogP contribution is 2.35. The van der Waals surface area contributed by atoms with Crippen molar-refractivity contribution in [2.45, 2.75) is 13.3 Å². The molecule has 1 unspecified atom stereocenters. The topological polar surface area (TPSA) is 40.6 Å². The van der Waals surface area contributed by atoms with Gasteiger partial charge in [-0.2, -0.15) is 0 Å². The zero-order valence-corrected chi connectivity index (χ0v) is 27.6. The molecule has 0 saturated heterocycles. The zero-order valence-electron chi connectivity index (χ0n) is 27.6. The van der Waals surface area contributed by atoms with Crippen LogP contribution in [0.4, 0.5) is 0 Å². The Morgan fingerprint density at radius 3 is 1.96 bits per heavy atom. The van der Waals surface area contributed by atoms with Crippen LogP contribution in [0, 0.1) is 5.92 Å². The average molecular weight is 644 g/mol. The Labute approximate surface area is 289 Å². The van der Waals surface area contributed by atoms with Crippen molar-refractivity contribution >= 4 is 44.9 Å². The van der Waals surface area contributed by atoms with Gasteiger partial charge in [0.05, 0.1) is 27.6 Å². The van der Waals surface area contributed by atoms with E-state index in [9.17, 15) is 0 Å². The molecule has 0 radical (unpaired) electrons. The Kier molecular flexibility index (Phi) is 6.46. The lowest BCUT2D eigenvalue weighted by molar-refractivity contribution is 0.792. The van der Waals surface area contributed by atoms with Crippen molar-refractivity contribution < 1.29 is 0 Å². The number of hydrogen-bond acceptors (Lipinski definition) is 2. The van der Waals surface area contributed by atoms with E-state index in [0.717, 1.165) is 51.5 Å². The van der Waals surface area contributed by atoms with Gasteiger partial charge in [-0.25, -0.2) is 9.67 Å². The van der Waals surface area contributed by atoms with Crippen molar-refractivity contribution in [2.75, 3.05) is 0 Å². The van der Waals surface area contributed by atoms with Crippen molar-refractivity contribution in [2.24, 2.45) is 5.92 Å². The van der Waals surface area contributed by atoms with Gasteiger partial charge in [0.2, 0.25) is 0 Å². The predicted octanol–water partition coefficient (Wildman–Crippen LogP) is 9.24. The van der Waals surface area contributed by atoms with E-state index in [4.69, 9.17) is 10.1 Å². The van der Waals surface area contributed by atoms with Gasteiger partial charge in [-0.05, 0) is 60.9 Å². The Bertz CT molecular complexity index is 2860. The maximum absolute atomic E-state index is 5.07. The van der Waals surface area contributed by atoms with Crippen LogP contribution in [0.25, 0.3) is 84.7 Å². The van der Waals surface area contributed by atoms with E-state index in [-0.39, 0.29) is 0 Å². The van der Waals surface area contributed by atoms with E-state index < -0.39 is 0 Å². The number of hydrogen-bond donors (Lipinski definition) is 0. The van der Waals surface area contributed by atoms with Crippen molar-refractivity contribution in [1.82, 2.24) is 23.9 Å². The molecular weight excluding hydrogens is 611 g/mol. The molecule has 0 amide bonds. The molecule has 1 aliphatic rings. The van der Waals surface area contributed by atoms with Crippen molar-refractivity contribution in [1.29, 1.82) is 0 Å². The van der Waals surface area contributed by atoms with E-state index in [0.29, 0.717) is 11.7 Å². The number of nitrogens with zero attached hydrogens (tertiary/aromatic N) is 5. The number of rotatable bonds is 5. The summed E-state index contributed by atoms with van der Waals surface area (Å²) in [6, 6.07) is 53.6.